The van der Waals surface area contributed by atoms with Gasteiger partial charge in [0.1, 0.15) is 22.7 Å². The minimum atomic E-state index is -1.19. The van der Waals surface area contributed by atoms with E-state index in [0.29, 0.717) is 13.0 Å². The molecule has 0 fully saturated rings. The minimum Gasteiger partial charge on any atom is -0.493 e. The van der Waals surface area contributed by atoms with E-state index in [1.807, 2.05) is 0 Å². The Kier molecular flexibility index (Phi) is 6.15. The fourth-order valence-corrected chi connectivity index (χ4v) is 1.55. The molecule has 0 aliphatic carbocycles. The van der Waals surface area contributed by atoms with Gasteiger partial charge in [0.05, 0.1) is 6.61 Å². The monoisotopic (exact) mass is 313 g/mol. The van der Waals surface area contributed by atoms with Crippen molar-refractivity contribution in [3.05, 3.63) is 29.6 Å². The molecule has 6 nitrogen and oxygen atoms in total. The second kappa shape index (κ2) is 7.63. The molecule has 0 unspecified atom stereocenters. The lowest BCUT2D eigenvalue weighted by Crippen LogP contribution is -2.33. The minimum absolute atomic E-state index is 0.0373. The molecule has 2 N–H and O–H groups in total. The third-order valence-electron chi connectivity index (χ3n) is 2.42. The number of hydrogen-bond donors (Lipinski definition) is 2. The van der Waals surface area contributed by atoms with Crippen molar-refractivity contribution < 1.29 is 28.6 Å². The van der Waals surface area contributed by atoms with Crippen LogP contribution in [0.1, 0.15) is 37.6 Å². The maximum absolute atomic E-state index is 13.1. The number of carbonyl (C=O) groups is 2. The fourth-order valence-electron chi connectivity index (χ4n) is 1.55. The zero-order chi connectivity index (χ0) is 16.8. The summed E-state index contributed by atoms with van der Waals surface area (Å²) in [4.78, 5) is 22.3. The number of carbonyl (C=O) groups excluding carboxylic acids is 1. The van der Waals surface area contributed by atoms with Crippen LogP contribution in [0.15, 0.2) is 18.2 Å². The molecule has 0 radical (unpaired) electrons. The van der Waals surface area contributed by atoms with Crippen molar-refractivity contribution in [3.8, 4) is 5.75 Å². The summed E-state index contributed by atoms with van der Waals surface area (Å²) in [7, 11) is 0. The van der Waals surface area contributed by atoms with Gasteiger partial charge in [0.25, 0.3) is 0 Å². The number of alkyl carbamates (subject to hydrolysis) is 1. The molecule has 1 aromatic rings. The summed E-state index contributed by atoms with van der Waals surface area (Å²) in [5, 5.41) is 11.5. The maximum Gasteiger partial charge on any atom is 0.407 e. The Morgan fingerprint density at radius 3 is 2.59 bits per heavy atom. The predicted octanol–water partition coefficient (Wildman–Crippen LogP) is 2.82. The lowest BCUT2D eigenvalue weighted by molar-refractivity contribution is 0.0525. The van der Waals surface area contributed by atoms with E-state index in [2.05, 4.69) is 5.32 Å². The zero-order valence-electron chi connectivity index (χ0n) is 12.8. The molecule has 0 saturated heterocycles. The second-order valence-electron chi connectivity index (χ2n) is 5.58. The van der Waals surface area contributed by atoms with Gasteiger partial charge in [0, 0.05) is 12.6 Å². The van der Waals surface area contributed by atoms with Crippen LogP contribution in [-0.4, -0.2) is 35.9 Å². The number of benzene rings is 1. The summed E-state index contributed by atoms with van der Waals surface area (Å²) in [5.41, 5.74) is -0.681. The van der Waals surface area contributed by atoms with Crippen molar-refractivity contribution in [3.63, 3.8) is 0 Å². The predicted molar refractivity (Wildman–Crippen MR) is 77.7 cm³/mol. The molecular weight excluding hydrogens is 293 g/mol. The molecule has 1 rings (SSSR count). The topological polar surface area (TPSA) is 84.9 Å². The number of nitrogens with one attached hydrogen (secondary N) is 1. The first-order chi connectivity index (χ1) is 10.2. The van der Waals surface area contributed by atoms with Crippen molar-refractivity contribution >= 4 is 12.1 Å². The zero-order valence-corrected chi connectivity index (χ0v) is 12.8. The SMILES string of the molecule is CC(C)(C)OC(=O)NCCCOc1cc(F)ccc1C(=O)O. The molecule has 0 aliphatic heterocycles. The summed E-state index contributed by atoms with van der Waals surface area (Å²) in [5.74, 6) is -1.81. The van der Waals surface area contributed by atoms with Crippen LogP contribution in [0.2, 0.25) is 0 Å². The van der Waals surface area contributed by atoms with Crippen LogP contribution in [0, 0.1) is 5.82 Å². The van der Waals surface area contributed by atoms with Gasteiger partial charge in [0.2, 0.25) is 0 Å². The first kappa shape index (κ1) is 17.7. The highest BCUT2D eigenvalue weighted by molar-refractivity contribution is 5.90. The van der Waals surface area contributed by atoms with Crippen LogP contribution in [0.3, 0.4) is 0 Å². The standard InChI is InChI=1S/C15H20FNO5/c1-15(2,3)22-14(20)17-7-4-8-21-12-9-10(16)5-6-11(12)13(18)19/h5-6,9H,4,7-8H2,1-3H3,(H,17,20)(H,18,19). The highest BCUT2D eigenvalue weighted by atomic mass is 19.1. The van der Waals surface area contributed by atoms with E-state index >= 15 is 0 Å². The molecule has 0 atom stereocenters. The summed E-state index contributed by atoms with van der Waals surface area (Å²) >= 11 is 0. The van der Waals surface area contributed by atoms with E-state index in [1.54, 1.807) is 20.8 Å². The molecule has 0 heterocycles. The number of halogens is 1. The number of ether oxygens (including phenoxy) is 2. The van der Waals surface area contributed by atoms with Crippen LogP contribution in [-0.2, 0) is 4.74 Å². The van der Waals surface area contributed by atoms with Gasteiger partial charge in [-0.1, -0.05) is 0 Å². The second-order valence-corrected chi connectivity index (χ2v) is 5.58. The summed E-state index contributed by atoms with van der Waals surface area (Å²) in [6.45, 7) is 5.71. The van der Waals surface area contributed by atoms with Crippen LogP contribution in [0.5, 0.6) is 5.75 Å². The molecule has 0 aliphatic rings. The van der Waals surface area contributed by atoms with Crippen molar-refractivity contribution in [1.29, 1.82) is 0 Å². The Hall–Kier alpha value is -2.31. The molecule has 0 saturated carbocycles. The quantitative estimate of drug-likeness (QED) is 0.789. The van der Waals surface area contributed by atoms with Crippen LogP contribution < -0.4 is 10.1 Å². The highest BCUT2D eigenvalue weighted by Gasteiger charge is 2.15. The molecule has 0 bridgehead atoms. The smallest absolute Gasteiger partial charge is 0.407 e. The molecule has 0 aromatic heterocycles. The third-order valence-corrected chi connectivity index (χ3v) is 2.42. The summed E-state index contributed by atoms with van der Waals surface area (Å²) in [6.07, 6.45) is -0.112. The Bertz CT molecular complexity index is 539. The number of rotatable bonds is 6. The van der Waals surface area contributed by atoms with Gasteiger partial charge in [0.15, 0.2) is 0 Å². The van der Waals surface area contributed by atoms with Gasteiger partial charge < -0.3 is 19.9 Å². The van der Waals surface area contributed by atoms with E-state index in [0.717, 1.165) is 18.2 Å². The third kappa shape index (κ3) is 6.43. The number of aromatic carboxylic acids is 1. The van der Waals surface area contributed by atoms with Gasteiger partial charge in [-0.25, -0.2) is 14.0 Å². The largest absolute Gasteiger partial charge is 0.493 e. The maximum atomic E-state index is 13.1. The average Bonchev–Trinajstić information content (AvgIpc) is 2.35. The van der Waals surface area contributed by atoms with E-state index < -0.39 is 23.5 Å². The van der Waals surface area contributed by atoms with E-state index in [1.165, 1.54) is 0 Å². The Labute approximate surface area is 128 Å². The number of carboxylic acids is 1. The summed E-state index contributed by atoms with van der Waals surface area (Å²) < 4.78 is 23.4. The first-order valence-corrected chi connectivity index (χ1v) is 6.81. The Morgan fingerprint density at radius 2 is 2.00 bits per heavy atom. The molecule has 1 amide bonds. The first-order valence-electron chi connectivity index (χ1n) is 6.81. The molecule has 22 heavy (non-hydrogen) atoms. The molecule has 122 valence electrons. The van der Waals surface area contributed by atoms with Crippen molar-refractivity contribution in [2.75, 3.05) is 13.2 Å². The fraction of sp³-hybridized carbons (Fsp3) is 0.467. The van der Waals surface area contributed by atoms with E-state index in [-0.39, 0.29) is 17.9 Å². The lowest BCUT2D eigenvalue weighted by atomic mass is 10.2. The van der Waals surface area contributed by atoms with Gasteiger partial charge in [-0.15, -0.1) is 0 Å². The summed E-state index contributed by atoms with van der Waals surface area (Å²) in [6, 6.07) is 3.22. The van der Waals surface area contributed by atoms with E-state index in [4.69, 9.17) is 14.6 Å². The van der Waals surface area contributed by atoms with Crippen LogP contribution in [0.4, 0.5) is 9.18 Å². The van der Waals surface area contributed by atoms with Gasteiger partial charge in [-0.05, 0) is 39.3 Å². The average molecular weight is 313 g/mol. The van der Waals surface area contributed by atoms with Crippen LogP contribution >= 0.6 is 0 Å². The number of carboxylic acid groups (broad SMARTS) is 1. The number of hydrogen-bond acceptors (Lipinski definition) is 4. The Morgan fingerprint density at radius 1 is 1.32 bits per heavy atom. The lowest BCUT2D eigenvalue weighted by Gasteiger charge is -2.19. The van der Waals surface area contributed by atoms with E-state index in [9.17, 15) is 14.0 Å². The molecule has 0 spiro atoms. The van der Waals surface area contributed by atoms with Gasteiger partial charge in [-0.2, -0.15) is 0 Å². The molecular formula is C15H20FNO5. The number of amides is 1. The van der Waals surface area contributed by atoms with Crippen molar-refractivity contribution in [2.45, 2.75) is 32.8 Å². The van der Waals surface area contributed by atoms with Crippen molar-refractivity contribution in [1.82, 2.24) is 5.32 Å². The molecule has 7 heteroatoms. The van der Waals surface area contributed by atoms with Gasteiger partial charge >= 0.3 is 12.1 Å². The highest BCUT2D eigenvalue weighted by Crippen LogP contribution is 2.20. The normalized spacial score (nSPS) is 10.9. The molecule has 1 aromatic carbocycles. The van der Waals surface area contributed by atoms with Crippen molar-refractivity contribution in [2.24, 2.45) is 0 Å². The Balaban J connectivity index is 2.38. The van der Waals surface area contributed by atoms with Gasteiger partial charge in [-0.3, -0.25) is 0 Å². The van der Waals surface area contributed by atoms with Crippen LogP contribution in [0.25, 0.3) is 0 Å².